The Kier molecular flexibility index (Phi) is 44.9. The Labute approximate surface area is 353 Å². The number of hydrogen-bond donors (Lipinski definition) is 0. The van der Waals surface area contributed by atoms with Crippen molar-refractivity contribution in [3.8, 4) is 0 Å². The molecule has 0 amide bonds. The molecule has 0 rings (SSSR count). The highest BCUT2D eigenvalue weighted by atomic mass is 16.6. The lowest BCUT2D eigenvalue weighted by molar-refractivity contribution is -0.167. The summed E-state index contributed by atoms with van der Waals surface area (Å²) in [5, 5.41) is 0. The van der Waals surface area contributed by atoms with Crippen LogP contribution in [-0.2, 0) is 28.6 Å². The highest BCUT2D eigenvalue weighted by Crippen LogP contribution is 2.15. The van der Waals surface area contributed by atoms with Crippen LogP contribution in [0.1, 0.15) is 265 Å². The Bertz CT molecular complexity index is 927. The lowest BCUT2D eigenvalue weighted by atomic mass is 10.0. The zero-order valence-electron chi connectivity index (χ0n) is 38.1. The number of hydrogen-bond acceptors (Lipinski definition) is 6. The molecular weight excluding hydrogens is 709 g/mol. The molecule has 0 aliphatic carbocycles. The molecule has 57 heavy (non-hydrogen) atoms. The number of unbranched alkanes of at least 4 members (excludes halogenated alkanes) is 30. The molecule has 0 heterocycles. The minimum atomic E-state index is -0.773. The van der Waals surface area contributed by atoms with E-state index in [2.05, 4.69) is 45.1 Å². The fourth-order valence-electron chi connectivity index (χ4n) is 7.12. The van der Waals surface area contributed by atoms with Crippen LogP contribution in [0, 0.1) is 0 Å². The summed E-state index contributed by atoms with van der Waals surface area (Å²) >= 11 is 0. The first-order chi connectivity index (χ1) is 28.0. The normalized spacial score (nSPS) is 12.1. The van der Waals surface area contributed by atoms with Gasteiger partial charge in [0.2, 0.25) is 0 Å². The van der Waals surface area contributed by atoms with Crippen molar-refractivity contribution in [1.29, 1.82) is 0 Å². The van der Waals surface area contributed by atoms with Gasteiger partial charge < -0.3 is 14.2 Å². The predicted octanol–water partition coefficient (Wildman–Crippen LogP) is 16.0. The van der Waals surface area contributed by atoms with Crippen LogP contribution < -0.4 is 0 Å². The predicted molar refractivity (Wildman–Crippen MR) is 243 cm³/mol. The monoisotopic (exact) mass is 803 g/mol. The zero-order valence-corrected chi connectivity index (χ0v) is 38.1. The second kappa shape index (κ2) is 46.6. The molecule has 0 aromatic rings. The second-order valence-corrected chi connectivity index (χ2v) is 16.7. The average molecular weight is 803 g/mol. The van der Waals surface area contributed by atoms with Gasteiger partial charge in [-0.15, -0.1) is 0 Å². The van der Waals surface area contributed by atoms with Crippen molar-refractivity contribution < 1.29 is 28.6 Å². The lowest BCUT2D eigenvalue weighted by Crippen LogP contribution is -2.30. The fraction of sp³-hybridized carbons (Fsp3) is 0.863. The molecule has 6 nitrogen and oxygen atoms in total. The van der Waals surface area contributed by atoms with Gasteiger partial charge in [-0.25, -0.2) is 0 Å². The van der Waals surface area contributed by atoms with Gasteiger partial charge in [-0.1, -0.05) is 206 Å². The van der Waals surface area contributed by atoms with Crippen LogP contribution in [0.15, 0.2) is 24.3 Å². The van der Waals surface area contributed by atoms with Crippen molar-refractivity contribution in [3.05, 3.63) is 24.3 Å². The molecule has 0 aromatic heterocycles. The van der Waals surface area contributed by atoms with Crippen molar-refractivity contribution >= 4 is 17.9 Å². The third-order valence-corrected chi connectivity index (χ3v) is 10.9. The van der Waals surface area contributed by atoms with E-state index in [4.69, 9.17) is 14.2 Å². The number of carbonyl (C=O) groups excluding carboxylic acids is 3. The van der Waals surface area contributed by atoms with E-state index in [1.165, 1.54) is 148 Å². The first-order valence-corrected chi connectivity index (χ1v) is 24.8. The molecule has 0 aliphatic rings. The maximum absolute atomic E-state index is 12.7. The van der Waals surface area contributed by atoms with E-state index in [0.29, 0.717) is 19.3 Å². The highest BCUT2D eigenvalue weighted by molar-refractivity contribution is 5.71. The number of allylic oxidation sites excluding steroid dienone is 4. The molecule has 0 saturated carbocycles. The molecule has 0 aliphatic heterocycles. The molecule has 0 N–H and O–H groups in total. The summed E-state index contributed by atoms with van der Waals surface area (Å²) in [6.45, 7) is 6.59. The summed E-state index contributed by atoms with van der Waals surface area (Å²) in [6, 6.07) is 0. The van der Waals surface area contributed by atoms with Crippen molar-refractivity contribution in [2.24, 2.45) is 0 Å². The molecule has 0 fully saturated rings. The molecule has 6 heteroatoms. The largest absolute Gasteiger partial charge is 0.462 e. The van der Waals surface area contributed by atoms with Crippen LogP contribution in [0.4, 0.5) is 0 Å². The zero-order chi connectivity index (χ0) is 41.5. The summed E-state index contributed by atoms with van der Waals surface area (Å²) < 4.78 is 16.7. The maximum Gasteiger partial charge on any atom is 0.306 e. The summed E-state index contributed by atoms with van der Waals surface area (Å²) in [5.41, 5.74) is 0. The van der Waals surface area contributed by atoms with E-state index >= 15 is 0 Å². The van der Waals surface area contributed by atoms with Gasteiger partial charge in [-0.2, -0.15) is 0 Å². The minimum absolute atomic E-state index is 0.0739. The molecule has 0 aromatic carbocycles. The van der Waals surface area contributed by atoms with Gasteiger partial charge in [-0.3, -0.25) is 14.4 Å². The van der Waals surface area contributed by atoms with Gasteiger partial charge in [0.05, 0.1) is 0 Å². The second-order valence-electron chi connectivity index (χ2n) is 16.7. The van der Waals surface area contributed by atoms with Gasteiger partial charge in [-0.05, 0) is 64.2 Å². The van der Waals surface area contributed by atoms with Crippen molar-refractivity contribution in [1.82, 2.24) is 0 Å². The first kappa shape index (κ1) is 54.9. The van der Waals surface area contributed by atoms with Crippen molar-refractivity contribution in [2.75, 3.05) is 13.2 Å². The summed E-state index contributed by atoms with van der Waals surface area (Å²) in [4.78, 5) is 37.8. The highest BCUT2D eigenvalue weighted by Gasteiger charge is 2.19. The number of carbonyl (C=O) groups is 3. The van der Waals surface area contributed by atoms with Crippen LogP contribution >= 0.6 is 0 Å². The SMILES string of the molecule is CCCC/C=C\CCCCCCCC(=O)O[C@H](COC(=O)CCCCCCC/C=C\CCCCCCCC)COC(=O)CCCCCCCCCCCCCCC. The smallest absolute Gasteiger partial charge is 0.306 e. The van der Waals surface area contributed by atoms with Crippen LogP contribution in [0.5, 0.6) is 0 Å². The van der Waals surface area contributed by atoms with Gasteiger partial charge >= 0.3 is 17.9 Å². The van der Waals surface area contributed by atoms with Crippen LogP contribution in [0.25, 0.3) is 0 Å². The van der Waals surface area contributed by atoms with Crippen molar-refractivity contribution in [2.45, 2.75) is 271 Å². The average Bonchev–Trinajstić information content (AvgIpc) is 3.21. The Hall–Kier alpha value is -2.11. The molecule has 0 bridgehead atoms. The van der Waals surface area contributed by atoms with E-state index in [9.17, 15) is 14.4 Å². The third-order valence-electron chi connectivity index (χ3n) is 10.9. The Balaban J connectivity index is 4.34. The quantitative estimate of drug-likeness (QED) is 0.0264. The fourth-order valence-corrected chi connectivity index (χ4v) is 7.12. The molecule has 0 saturated heterocycles. The summed E-state index contributed by atoms with van der Waals surface area (Å²) in [5.74, 6) is -0.883. The van der Waals surface area contributed by atoms with E-state index in [1.54, 1.807) is 0 Å². The van der Waals surface area contributed by atoms with E-state index < -0.39 is 6.10 Å². The molecular formula is C51H94O6. The minimum Gasteiger partial charge on any atom is -0.462 e. The molecule has 0 spiro atoms. The standard InChI is InChI=1S/C51H94O6/c1-4-7-10-13-16-19-22-24-25-27-30-32-35-38-41-44-50(53)56-47-48(57-51(54)45-42-39-36-33-28-21-18-15-12-9-6-3)46-55-49(52)43-40-37-34-31-29-26-23-20-17-14-11-8-5-2/h15,18,24-25,48H,4-14,16-17,19-23,26-47H2,1-3H3/b18-15-,25-24-/t48-/m0/s1. The topological polar surface area (TPSA) is 78.9 Å². The van der Waals surface area contributed by atoms with Gasteiger partial charge in [0.1, 0.15) is 13.2 Å². The van der Waals surface area contributed by atoms with Crippen molar-refractivity contribution in [3.63, 3.8) is 0 Å². The molecule has 1 atom stereocenters. The Morgan fingerprint density at radius 1 is 0.333 bits per heavy atom. The van der Waals surface area contributed by atoms with E-state index in [-0.39, 0.29) is 31.1 Å². The molecule has 0 radical (unpaired) electrons. The van der Waals surface area contributed by atoms with E-state index in [0.717, 1.165) is 77.0 Å². The van der Waals surface area contributed by atoms with Gasteiger partial charge in [0, 0.05) is 19.3 Å². The third kappa shape index (κ3) is 44.8. The van der Waals surface area contributed by atoms with Crippen LogP contribution in [0.3, 0.4) is 0 Å². The van der Waals surface area contributed by atoms with Gasteiger partial charge in [0.15, 0.2) is 6.10 Å². The summed E-state index contributed by atoms with van der Waals surface area (Å²) in [6.07, 6.45) is 51.6. The number of esters is 3. The summed E-state index contributed by atoms with van der Waals surface area (Å²) in [7, 11) is 0. The maximum atomic E-state index is 12.7. The number of ether oxygens (including phenoxy) is 3. The van der Waals surface area contributed by atoms with Crippen LogP contribution in [-0.4, -0.2) is 37.2 Å². The van der Waals surface area contributed by atoms with E-state index in [1.807, 2.05) is 0 Å². The van der Waals surface area contributed by atoms with Gasteiger partial charge in [0.25, 0.3) is 0 Å². The van der Waals surface area contributed by atoms with Crippen LogP contribution in [0.2, 0.25) is 0 Å². The Morgan fingerprint density at radius 3 is 0.930 bits per heavy atom. The Morgan fingerprint density at radius 2 is 0.596 bits per heavy atom. The first-order valence-electron chi connectivity index (χ1n) is 24.8. The lowest BCUT2D eigenvalue weighted by Gasteiger charge is -2.18. The molecule has 0 unspecified atom stereocenters. The molecule has 334 valence electrons. The number of rotatable bonds is 45.